The molecular weight excluding hydrogens is 286 g/mol. The number of nitrogens with one attached hydrogen (secondary N) is 2. The molecule has 1 saturated heterocycles. The van der Waals surface area contributed by atoms with E-state index in [0.29, 0.717) is 18.1 Å². The molecule has 0 saturated carbocycles. The van der Waals surface area contributed by atoms with Gasteiger partial charge in [-0.05, 0) is 30.7 Å². The van der Waals surface area contributed by atoms with Gasteiger partial charge in [0.25, 0.3) is 0 Å². The number of benzene rings is 1. The lowest BCUT2D eigenvalue weighted by Gasteiger charge is -2.20. The summed E-state index contributed by atoms with van der Waals surface area (Å²) in [7, 11) is -3.83. The number of allylic oxidation sites excluding steroid dienone is 1. The van der Waals surface area contributed by atoms with Crippen LogP contribution in [0.25, 0.3) is 0 Å². The summed E-state index contributed by atoms with van der Waals surface area (Å²) >= 11 is 5.73. The van der Waals surface area contributed by atoms with Crippen molar-refractivity contribution >= 4 is 21.4 Å². The van der Waals surface area contributed by atoms with Crippen molar-refractivity contribution in [1.29, 1.82) is 5.26 Å². The van der Waals surface area contributed by atoms with Crippen LogP contribution in [0.1, 0.15) is 6.42 Å². The fourth-order valence-electron chi connectivity index (χ4n) is 1.72. The topological polar surface area (TPSA) is 82.0 Å². The van der Waals surface area contributed by atoms with Crippen molar-refractivity contribution in [3.05, 3.63) is 40.0 Å². The highest BCUT2D eigenvalue weighted by Crippen LogP contribution is 2.22. The number of halogens is 1. The molecule has 100 valence electrons. The molecule has 0 radical (unpaired) electrons. The Balaban J connectivity index is 2.48. The highest BCUT2D eigenvalue weighted by molar-refractivity contribution is 7.95. The molecule has 1 aromatic carbocycles. The van der Waals surface area contributed by atoms with Crippen LogP contribution in [0.4, 0.5) is 0 Å². The molecule has 0 aromatic heterocycles. The smallest absolute Gasteiger partial charge is 0.220 e. The van der Waals surface area contributed by atoms with Gasteiger partial charge in [0.05, 0.1) is 4.90 Å². The zero-order chi connectivity index (χ0) is 13.9. The van der Waals surface area contributed by atoms with E-state index in [-0.39, 0.29) is 15.6 Å². The lowest BCUT2D eigenvalue weighted by molar-refractivity contribution is 0.566. The molecule has 0 unspecified atom stereocenters. The second-order valence-corrected chi connectivity index (χ2v) is 6.30. The Morgan fingerprint density at radius 1 is 1.21 bits per heavy atom. The van der Waals surface area contributed by atoms with Gasteiger partial charge in [-0.25, -0.2) is 8.42 Å². The summed E-state index contributed by atoms with van der Waals surface area (Å²) < 4.78 is 24.7. The summed E-state index contributed by atoms with van der Waals surface area (Å²) in [5.41, 5.74) is 0. The zero-order valence-electron chi connectivity index (χ0n) is 9.98. The Bertz CT molecular complexity index is 637. The first kappa shape index (κ1) is 13.7. The first-order valence-electron chi connectivity index (χ1n) is 5.68. The summed E-state index contributed by atoms with van der Waals surface area (Å²) in [6.45, 7) is 1.29. The van der Waals surface area contributed by atoms with E-state index in [1.54, 1.807) is 6.07 Å². The van der Waals surface area contributed by atoms with E-state index in [0.717, 1.165) is 6.42 Å². The minimum Gasteiger partial charge on any atom is -0.370 e. The lowest BCUT2D eigenvalue weighted by atomic mass is 10.3. The van der Waals surface area contributed by atoms with Crippen LogP contribution in [0, 0.1) is 11.3 Å². The second-order valence-electron chi connectivity index (χ2n) is 3.98. The van der Waals surface area contributed by atoms with Crippen molar-refractivity contribution in [2.45, 2.75) is 11.3 Å². The Labute approximate surface area is 116 Å². The number of rotatable bonds is 2. The molecule has 7 heteroatoms. The van der Waals surface area contributed by atoms with Crippen LogP contribution in [0.2, 0.25) is 5.02 Å². The highest BCUT2D eigenvalue weighted by Gasteiger charge is 2.25. The van der Waals surface area contributed by atoms with Crippen LogP contribution < -0.4 is 10.6 Å². The Hall–Kier alpha value is -1.71. The molecule has 1 fully saturated rings. The molecule has 0 atom stereocenters. The predicted molar refractivity (Wildman–Crippen MR) is 71.9 cm³/mol. The Morgan fingerprint density at radius 3 is 2.32 bits per heavy atom. The van der Waals surface area contributed by atoms with E-state index >= 15 is 0 Å². The molecule has 0 spiro atoms. The molecule has 2 rings (SSSR count). The average Bonchev–Trinajstić information content (AvgIpc) is 2.41. The molecule has 1 aliphatic heterocycles. The third-order valence-electron chi connectivity index (χ3n) is 2.68. The van der Waals surface area contributed by atoms with Gasteiger partial charge < -0.3 is 10.6 Å². The molecule has 1 aromatic rings. The molecule has 1 aliphatic rings. The fraction of sp³-hybridized carbons (Fsp3) is 0.250. The van der Waals surface area contributed by atoms with E-state index in [2.05, 4.69) is 10.6 Å². The van der Waals surface area contributed by atoms with E-state index in [1.165, 1.54) is 24.3 Å². The highest BCUT2D eigenvalue weighted by atomic mass is 35.5. The minimum absolute atomic E-state index is 0.0510. The van der Waals surface area contributed by atoms with Gasteiger partial charge in [0.2, 0.25) is 9.84 Å². The molecule has 0 aliphatic carbocycles. The zero-order valence-corrected chi connectivity index (χ0v) is 11.6. The summed E-state index contributed by atoms with van der Waals surface area (Å²) in [6.07, 6.45) is 0.878. The van der Waals surface area contributed by atoms with Crippen LogP contribution in [0.15, 0.2) is 39.9 Å². The van der Waals surface area contributed by atoms with E-state index < -0.39 is 9.84 Å². The number of sulfone groups is 1. The number of nitriles is 1. The first-order valence-corrected chi connectivity index (χ1v) is 7.54. The monoisotopic (exact) mass is 297 g/mol. The molecular formula is C12H12ClN3O2S. The maximum atomic E-state index is 12.4. The third-order valence-corrected chi connectivity index (χ3v) is 4.66. The Morgan fingerprint density at radius 2 is 1.79 bits per heavy atom. The van der Waals surface area contributed by atoms with Crippen molar-refractivity contribution in [3.63, 3.8) is 0 Å². The SMILES string of the molecule is N#CC(=C1NCCCN1)S(=O)(=O)c1ccc(Cl)cc1. The molecule has 1 heterocycles. The van der Waals surface area contributed by atoms with Crippen LogP contribution >= 0.6 is 11.6 Å². The summed E-state index contributed by atoms with van der Waals surface area (Å²) in [6, 6.07) is 7.50. The van der Waals surface area contributed by atoms with Crippen LogP contribution in [-0.4, -0.2) is 21.5 Å². The molecule has 19 heavy (non-hydrogen) atoms. The van der Waals surface area contributed by atoms with Gasteiger partial charge in [0, 0.05) is 18.1 Å². The van der Waals surface area contributed by atoms with Crippen LogP contribution in [0.5, 0.6) is 0 Å². The summed E-state index contributed by atoms with van der Waals surface area (Å²) in [5.74, 6) is 0.267. The van der Waals surface area contributed by atoms with Gasteiger partial charge in [-0.2, -0.15) is 5.26 Å². The molecule has 2 N–H and O–H groups in total. The average molecular weight is 298 g/mol. The lowest BCUT2D eigenvalue weighted by Crippen LogP contribution is -2.37. The largest absolute Gasteiger partial charge is 0.370 e. The van der Waals surface area contributed by atoms with Crippen molar-refractivity contribution in [2.75, 3.05) is 13.1 Å². The summed E-state index contributed by atoms with van der Waals surface area (Å²) in [5, 5.41) is 15.4. The van der Waals surface area contributed by atoms with Crippen molar-refractivity contribution in [1.82, 2.24) is 10.6 Å². The van der Waals surface area contributed by atoms with E-state index in [4.69, 9.17) is 16.9 Å². The van der Waals surface area contributed by atoms with Crippen LogP contribution in [-0.2, 0) is 9.84 Å². The van der Waals surface area contributed by atoms with E-state index in [1.807, 2.05) is 0 Å². The quantitative estimate of drug-likeness (QED) is 0.806. The minimum atomic E-state index is -3.83. The standard InChI is InChI=1S/C12H12ClN3O2S/c13-9-2-4-10(5-3-9)19(17,18)11(8-14)12-15-6-1-7-16-12/h2-5,15-16H,1,6-7H2. The number of hydrogen-bond donors (Lipinski definition) is 2. The predicted octanol–water partition coefficient (Wildman–Crippen LogP) is 1.39. The van der Waals surface area contributed by atoms with Gasteiger partial charge in [0.15, 0.2) is 4.91 Å². The summed E-state index contributed by atoms with van der Waals surface area (Å²) in [4.78, 5) is -0.246. The van der Waals surface area contributed by atoms with Gasteiger partial charge in [-0.15, -0.1) is 0 Å². The normalized spacial score (nSPS) is 15.1. The maximum absolute atomic E-state index is 12.4. The molecule has 0 bridgehead atoms. The first-order chi connectivity index (χ1) is 9.05. The number of nitrogens with zero attached hydrogens (tertiary/aromatic N) is 1. The van der Waals surface area contributed by atoms with Gasteiger partial charge in [0.1, 0.15) is 11.9 Å². The van der Waals surface area contributed by atoms with Gasteiger partial charge >= 0.3 is 0 Å². The maximum Gasteiger partial charge on any atom is 0.220 e. The second kappa shape index (κ2) is 5.51. The van der Waals surface area contributed by atoms with Gasteiger partial charge in [-0.3, -0.25) is 0 Å². The van der Waals surface area contributed by atoms with Gasteiger partial charge in [-0.1, -0.05) is 11.6 Å². The third kappa shape index (κ3) is 2.83. The van der Waals surface area contributed by atoms with Crippen molar-refractivity contribution in [2.24, 2.45) is 0 Å². The van der Waals surface area contributed by atoms with Crippen LogP contribution in [0.3, 0.4) is 0 Å². The Kier molecular flexibility index (Phi) is 3.98. The molecule has 5 nitrogen and oxygen atoms in total. The van der Waals surface area contributed by atoms with Crippen molar-refractivity contribution < 1.29 is 8.42 Å². The fourth-order valence-corrected chi connectivity index (χ4v) is 3.11. The number of hydrogen-bond acceptors (Lipinski definition) is 5. The van der Waals surface area contributed by atoms with E-state index in [9.17, 15) is 8.42 Å². The molecule has 0 amide bonds. The van der Waals surface area contributed by atoms with Crippen molar-refractivity contribution in [3.8, 4) is 6.07 Å².